The molecule has 0 aliphatic carbocycles. The van der Waals surface area contributed by atoms with Gasteiger partial charge in [0.1, 0.15) is 5.56 Å². The van der Waals surface area contributed by atoms with Gasteiger partial charge in [-0.15, -0.1) is 0 Å². The van der Waals surface area contributed by atoms with E-state index < -0.39 is 17.5 Å². The number of carbonyl (C=O) groups is 2. The Morgan fingerprint density at radius 3 is 2.60 bits per heavy atom. The molecule has 0 atom stereocenters. The molecule has 0 spiro atoms. The van der Waals surface area contributed by atoms with E-state index >= 15 is 0 Å². The van der Waals surface area contributed by atoms with Crippen LogP contribution in [-0.2, 0) is 4.74 Å². The third kappa shape index (κ3) is 2.43. The fourth-order valence-corrected chi connectivity index (χ4v) is 0.962. The lowest BCUT2D eigenvalue weighted by Gasteiger charge is -2.03. The number of carboxylic acids is 1. The molecule has 1 aromatic heterocycles. The molecule has 0 fully saturated rings. The van der Waals surface area contributed by atoms with E-state index in [1.807, 2.05) is 4.98 Å². The normalized spacial score (nSPS) is 9.67. The first-order chi connectivity index (χ1) is 7.06. The Labute approximate surface area is 84.5 Å². The van der Waals surface area contributed by atoms with Crippen molar-refractivity contribution in [3.8, 4) is 0 Å². The topological polar surface area (TPSA) is 99.3 Å². The molecule has 0 saturated heterocycles. The number of hydrogen-bond acceptors (Lipinski definition) is 5. The highest BCUT2D eigenvalue weighted by Crippen LogP contribution is 1.96. The van der Waals surface area contributed by atoms with Gasteiger partial charge in [0, 0.05) is 0 Å². The summed E-state index contributed by atoms with van der Waals surface area (Å²) in [5.41, 5.74) is -1.43. The molecule has 6 heteroatoms. The van der Waals surface area contributed by atoms with Gasteiger partial charge in [0.25, 0.3) is 5.56 Å². The minimum absolute atomic E-state index is 0.139. The van der Waals surface area contributed by atoms with Crippen molar-refractivity contribution in [2.75, 3.05) is 6.61 Å². The minimum atomic E-state index is -1.51. The van der Waals surface area contributed by atoms with Crippen LogP contribution in [0, 0.1) is 0 Å². The first-order valence-electron chi connectivity index (χ1n) is 4.18. The first-order valence-corrected chi connectivity index (χ1v) is 4.18. The lowest BCUT2D eigenvalue weighted by molar-refractivity contribution is -0.255. The predicted octanol–water partition coefficient (Wildman–Crippen LogP) is -1.08. The number of pyridine rings is 1. The monoisotopic (exact) mass is 210 g/mol. The fourth-order valence-electron chi connectivity index (χ4n) is 0.962. The van der Waals surface area contributed by atoms with Gasteiger partial charge in [0.15, 0.2) is 0 Å². The number of nitrogens with one attached hydrogen (secondary N) is 1. The van der Waals surface area contributed by atoms with Crippen LogP contribution in [0.4, 0.5) is 0 Å². The van der Waals surface area contributed by atoms with Gasteiger partial charge in [-0.1, -0.05) is 0 Å². The number of carbonyl (C=O) groups excluding carboxylic acids is 2. The maximum absolute atomic E-state index is 11.2. The quantitative estimate of drug-likeness (QED) is 0.639. The van der Waals surface area contributed by atoms with Crippen LogP contribution in [0.15, 0.2) is 16.9 Å². The fraction of sp³-hybridized carbons (Fsp3) is 0.222. The molecular weight excluding hydrogens is 202 g/mol. The van der Waals surface area contributed by atoms with Crippen molar-refractivity contribution in [3.63, 3.8) is 0 Å². The number of hydrogen-bond donors (Lipinski definition) is 1. The molecule has 0 aromatic carbocycles. The summed E-state index contributed by atoms with van der Waals surface area (Å²) in [6.07, 6.45) is 0. The molecule has 1 aromatic rings. The molecule has 0 aliphatic heterocycles. The van der Waals surface area contributed by atoms with E-state index in [2.05, 4.69) is 4.74 Å². The van der Waals surface area contributed by atoms with Crippen LogP contribution >= 0.6 is 0 Å². The van der Waals surface area contributed by atoms with E-state index in [1.165, 1.54) is 0 Å². The standard InChI is InChI=1S/C9H9NO5/c1-2-15-9(14)5-3-4-6(8(12)13)10-7(5)11/h3-4H,2H2,1H3,(H,10,11)(H,12,13)/p-1. The molecule has 0 amide bonds. The van der Waals surface area contributed by atoms with Gasteiger partial charge in [-0.2, -0.15) is 0 Å². The maximum Gasteiger partial charge on any atom is 0.343 e. The van der Waals surface area contributed by atoms with Gasteiger partial charge >= 0.3 is 5.97 Å². The molecule has 0 saturated carbocycles. The summed E-state index contributed by atoms with van der Waals surface area (Å²) >= 11 is 0. The maximum atomic E-state index is 11.2. The molecule has 15 heavy (non-hydrogen) atoms. The van der Waals surface area contributed by atoms with Crippen LogP contribution < -0.4 is 10.7 Å². The summed E-state index contributed by atoms with van der Waals surface area (Å²) in [6, 6.07) is 2.16. The van der Waals surface area contributed by atoms with Gasteiger partial charge in [-0.3, -0.25) is 4.79 Å². The van der Waals surface area contributed by atoms with E-state index in [1.54, 1.807) is 6.92 Å². The zero-order valence-corrected chi connectivity index (χ0v) is 7.90. The van der Waals surface area contributed by atoms with Crippen LogP contribution in [0.1, 0.15) is 27.8 Å². The largest absolute Gasteiger partial charge is 0.543 e. The predicted molar refractivity (Wildman–Crippen MR) is 47.3 cm³/mol. The van der Waals surface area contributed by atoms with Gasteiger partial charge < -0.3 is 19.6 Å². The summed E-state index contributed by atoms with van der Waals surface area (Å²) < 4.78 is 4.59. The zero-order valence-electron chi connectivity index (χ0n) is 7.90. The number of rotatable bonds is 3. The van der Waals surface area contributed by atoms with Crippen LogP contribution in [0.3, 0.4) is 0 Å². The Kier molecular flexibility index (Phi) is 3.22. The SMILES string of the molecule is CCOC(=O)c1ccc(C(=O)[O-])[nH]c1=O. The molecule has 0 bridgehead atoms. The molecule has 1 N–H and O–H groups in total. The second kappa shape index (κ2) is 4.41. The van der Waals surface area contributed by atoms with Crippen molar-refractivity contribution in [2.45, 2.75) is 6.92 Å². The summed E-state index contributed by atoms with van der Waals surface area (Å²) in [5, 5.41) is 10.4. The lowest BCUT2D eigenvalue weighted by Crippen LogP contribution is -2.28. The third-order valence-electron chi connectivity index (χ3n) is 1.62. The number of aromatic nitrogens is 1. The zero-order chi connectivity index (χ0) is 11.4. The number of aromatic carboxylic acids is 1. The van der Waals surface area contributed by atoms with E-state index in [9.17, 15) is 19.5 Å². The Morgan fingerprint density at radius 1 is 1.47 bits per heavy atom. The molecular formula is C9H8NO5-. The van der Waals surface area contributed by atoms with Crippen molar-refractivity contribution in [2.24, 2.45) is 0 Å². The first kappa shape index (κ1) is 11.0. The molecule has 0 radical (unpaired) electrons. The van der Waals surface area contributed by atoms with Crippen molar-refractivity contribution < 1.29 is 19.4 Å². The Hall–Kier alpha value is -2.11. The minimum Gasteiger partial charge on any atom is -0.543 e. The summed E-state index contributed by atoms with van der Waals surface area (Å²) in [5.74, 6) is -2.30. The van der Waals surface area contributed by atoms with Gasteiger partial charge in [0.05, 0.1) is 18.3 Å². The number of aromatic amines is 1. The number of H-pyrrole nitrogens is 1. The second-order valence-electron chi connectivity index (χ2n) is 2.62. The summed E-state index contributed by atoms with van der Waals surface area (Å²) in [7, 11) is 0. The molecule has 80 valence electrons. The van der Waals surface area contributed by atoms with Crippen LogP contribution in [0.2, 0.25) is 0 Å². The van der Waals surface area contributed by atoms with E-state index in [-0.39, 0.29) is 17.9 Å². The second-order valence-corrected chi connectivity index (χ2v) is 2.62. The van der Waals surface area contributed by atoms with E-state index in [0.717, 1.165) is 12.1 Å². The van der Waals surface area contributed by atoms with Crippen LogP contribution in [0.5, 0.6) is 0 Å². The van der Waals surface area contributed by atoms with Crippen LogP contribution in [0.25, 0.3) is 0 Å². The smallest absolute Gasteiger partial charge is 0.343 e. The van der Waals surface area contributed by atoms with Gasteiger partial charge in [-0.25, -0.2) is 4.79 Å². The average Bonchev–Trinajstić information content (AvgIpc) is 2.17. The van der Waals surface area contributed by atoms with Crippen molar-refractivity contribution in [3.05, 3.63) is 33.7 Å². The van der Waals surface area contributed by atoms with E-state index in [4.69, 9.17) is 0 Å². The highest BCUT2D eigenvalue weighted by molar-refractivity contribution is 5.90. The molecule has 0 unspecified atom stereocenters. The Balaban J connectivity index is 3.09. The summed E-state index contributed by atoms with van der Waals surface area (Å²) in [6.45, 7) is 1.74. The third-order valence-corrected chi connectivity index (χ3v) is 1.62. The Bertz CT molecular complexity index is 448. The highest BCUT2D eigenvalue weighted by Gasteiger charge is 2.11. The van der Waals surface area contributed by atoms with Gasteiger partial charge in [-0.05, 0) is 19.1 Å². The Morgan fingerprint density at radius 2 is 2.13 bits per heavy atom. The van der Waals surface area contributed by atoms with Crippen LogP contribution in [-0.4, -0.2) is 23.5 Å². The average molecular weight is 210 g/mol. The number of ether oxygens (including phenoxy) is 1. The lowest BCUT2D eigenvalue weighted by atomic mass is 10.2. The van der Waals surface area contributed by atoms with Crippen molar-refractivity contribution in [1.29, 1.82) is 0 Å². The number of carboxylic acid groups (broad SMARTS) is 1. The van der Waals surface area contributed by atoms with E-state index in [0.29, 0.717) is 0 Å². The van der Waals surface area contributed by atoms with Crippen molar-refractivity contribution in [1.82, 2.24) is 4.98 Å². The number of esters is 1. The molecule has 6 nitrogen and oxygen atoms in total. The van der Waals surface area contributed by atoms with Crippen molar-refractivity contribution >= 4 is 11.9 Å². The molecule has 0 aliphatic rings. The highest BCUT2D eigenvalue weighted by atomic mass is 16.5. The summed E-state index contributed by atoms with van der Waals surface area (Å²) in [4.78, 5) is 34.7. The molecule has 1 heterocycles. The van der Waals surface area contributed by atoms with Gasteiger partial charge in [0.2, 0.25) is 0 Å². The molecule has 1 rings (SSSR count).